The molecular weight excluding hydrogens is 334 g/mol. The average molecular weight is 352 g/mol. The van der Waals surface area contributed by atoms with Crippen LogP contribution in [0.15, 0.2) is 29.2 Å². The number of nitrogens with one attached hydrogen (secondary N) is 1. The first-order chi connectivity index (χ1) is 8.99. The molecule has 0 aliphatic rings. The van der Waals surface area contributed by atoms with Crippen molar-refractivity contribution in [3.05, 3.63) is 29.8 Å². The topological polar surface area (TPSA) is 75.6 Å². The van der Waals surface area contributed by atoms with Crippen LogP contribution < -0.4 is 4.72 Å². The molecule has 0 aromatic heterocycles. The molecule has 5 nitrogen and oxygen atoms in total. The fourth-order valence-corrected chi connectivity index (χ4v) is 2.90. The van der Waals surface area contributed by atoms with Crippen molar-refractivity contribution in [3.8, 4) is 0 Å². The highest BCUT2D eigenvalue weighted by Gasteiger charge is 2.14. The number of rotatable bonds is 8. The largest absolute Gasteiger partial charge is 0.391 e. The average Bonchev–Trinajstić information content (AvgIpc) is 2.39. The number of benzene rings is 1. The molecule has 0 heterocycles. The van der Waals surface area contributed by atoms with E-state index in [4.69, 9.17) is 4.74 Å². The molecule has 19 heavy (non-hydrogen) atoms. The van der Waals surface area contributed by atoms with E-state index in [0.717, 1.165) is 5.56 Å². The summed E-state index contributed by atoms with van der Waals surface area (Å²) in [6.45, 7) is 0.370. The zero-order chi connectivity index (χ0) is 14.3. The van der Waals surface area contributed by atoms with Crippen LogP contribution in [0, 0.1) is 0 Å². The summed E-state index contributed by atoms with van der Waals surface area (Å²) in [5.74, 6) is 0. The molecule has 0 aliphatic carbocycles. The molecule has 1 aromatic rings. The van der Waals surface area contributed by atoms with Gasteiger partial charge in [-0.3, -0.25) is 0 Å². The lowest BCUT2D eigenvalue weighted by atomic mass is 10.2. The number of sulfonamides is 1. The summed E-state index contributed by atoms with van der Waals surface area (Å²) in [5.41, 5.74) is 1.01. The van der Waals surface area contributed by atoms with Crippen LogP contribution in [0.25, 0.3) is 0 Å². The minimum Gasteiger partial charge on any atom is -0.391 e. The van der Waals surface area contributed by atoms with E-state index in [0.29, 0.717) is 11.8 Å². The predicted molar refractivity (Wildman–Crippen MR) is 76.8 cm³/mol. The maximum absolute atomic E-state index is 11.9. The van der Waals surface area contributed by atoms with Gasteiger partial charge in [0.05, 0.1) is 17.6 Å². The van der Waals surface area contributed by atoms with Gasteiger partial charge >= 0.3 is 0 Å². The fourth-order valence-electron chi connectivity index (χ4n) is 1.48. The van der Waals surface area contributed by atoms with Crippen molar-refractivity contribution in [2.75, 3.05) is 20.3 Å². The second kappa shape index (κ2) is 7.96. The van der Waals surface area contributed by atoms with Crippen LogP contribution in [-0.2, 0) is 20.1 Å². The zero-order valence-electron chi connectivity index (χ0n) is 10.7. The molecule has 0 fully saturated rings. The Morgan fingerprint density at radius 2 is 2.00 bits per heavy atom. The summed E-state index contributed by atoms with van der Waals surface area (Å²) in [4.78, 5) is 0.221. The molecule has 1 unspecified atom stereocenters. The number of hydrogen-bond donors (Lipinski definition) is 2. The molecule has 0 amide bonds. The normalized spacial score (nSPS) is 13.4. The van der Waals surface area contributed by atoms with Gasteiger partial charge in [-0.15, -0.1) is 0 Å². The number of aliphatic hydroxyl groups is 1. The van der Waals surface area contributed by atoms with Crippen molar-refractivity contribution in [1.29, 1.82) is 0 Å². The second-order valence-corrected chi connectivity index (χ2v) is 6.40. The Kier molecular flexibility index (Phi) is 6.95. The van der Waals surface area contributed by atoms with Crippen molar-refractivity contribution in [2.45, 2.75) is 22.8 Å². The molecule has 0 saturated heterocycles. The highest BCUT2D eigenvalue weighted by molar-refractivity contribution is 9.08. The Hall–Kier alpha value is -0.470. The van der Waals surface area contributed by atoms with Crippen molar-refractivity contribution in [3.63, 3.8) is 0 Å². The Balaban J connectivity index is 2.55. The zero-order valence-corrected chi connectivity index (χ0v) is 13.1. The number of hydrogen-bond acceptors (Lipinski definition) is 4. The van der Waals surface area contributed by atoms with Crippen molar-refractivity contribution < 1.29 is 18.3 Å². The monoisotopic (exact) mass is 351 g/mol. The molecule has 7 heteroatoms. The van der Waals surface area contributed by atoms with Crippen LogP contribution >= 0.6 is 15.9 Å². The standard InChI is InChI=1S/C12H18BrNO4S/c1-18-9-11(15)6-7-14-19(16,17)12-4-2-10(8-13)3-5-12/h2-5,11,14-15H,6-9H2,1H3. The van der Waals surface area contributed by atoms with E-state index in [-0.39, 0.29) is 18.0 Å². The quantitative estimate of drug-likeness (QED) is 0.691. The van der Waals surface area contributed by atoms with Gasteiger partial charge < -0.3 is 9.84 Å². The van der Waals surface area contributed by atoms with Gasteiger partial charge in [0, 0.05) is 19.0 Å². The lowest BCUT2D eigenvalue weighted by Crippen LogP contribution is -2.28. The van der Waals surface area contributed by atoms with Crippen molar-refractivity contribution in [2.24, 2.45) is 0 Å². The lowest BCUT2D eigenvalue weighted by Gasteiger charge is -2.10. The van der Waals surface area contributed by atoms with E-state index >= 15 is 0 Å². The van der Waals surface area contributed by atoms with Crippen LogP contribution in [0.4, 0.5) is 0 Å². The lowest BCUT2D eigenvalue weighted by molar-refractivity contribution is 0.0603. The van der Waals surface area contributed by atoms with Gasteiger partial charge in [-0.05, 0) is 24.1 Å². The maximum atomic E-state index is 11.9. The first kappa shape index (κ1) is 16.6. The van der Waals surface area contributed by atoms with Crippen LogP contribution in [0.1, 0.15) is 12.0 Å². The van der Waals surface area contributed by atoms with Gasteiger partial charge in [-0.1, -0.05) is 28.1 Å². The Morgan fingerprint density at radius 3 is 2.53 bits per heavy atom. The molecule has 0 radical (unpaired) electrons. The molecule has 0 aliphatic heterocycles. The third-order valence-electron chi connectivity index (χ3n) is 2.52. The molecule has 0 bridgehead atoms. The molecule has 0 spiro atoms. The summed E-state index contributed by atoms with van der Waals surface area (Å²) < 4.78 is 31.1. The molecular formula is C12H18BrNO4S. The first-order valence-corrected chi connectivity index (χ1v) is 8.41. The highest BCUT2D eigenvalue weighted by Crippen LogP contribution is 2.12. The van der Waals surface area contributed by atoms with E-state index < -0.39 is 16.1 Å². The third kappa shape index (κ3) is 5.58. The number of alkyl halides is 1. The first-order valence-electron chi connectivity index (χ1n) is 5.81. The summed E-state index contributed by atoms with van der Waals surface area (Å²) in [7, 11) is -2.03. The number of methoxy groups -OCH3 is 1. The van der Waals surface area contributed by atoms with Gasteiger partial charge in [-0.25, -0.2) is 13.1 Å². The SMILES string of the molecule is COCC(O)CCNS(=O)(=O)c1ccc(CBr)cc1. The van der Waals surface area contributed by atoms with Crippen LogP contribution in [0.2, 0.25) is 0 Å². The Labute approximate surface area is 122 Å². The number of aliphatic hydroxyl groups excluding tert-OH is 1. The highest BCUT2D eigenvalue weighted by atomic mass is 79.9. The maximum Gasteiger partial charge on any atom is 0.240 e. The molecule has 2 N–H and O–H groups in total. The molecule has 1 rings (SSSR count). The summed E-state index contributed by atoms with van der Waals surface area (Å²) in [6.07, 6.45) is -0.351. The molecule has 0 saturated carbocycles. The van der Waals surface area contributed by atoms with Crippen LogP contribution in [0.3, 0.4) is 0 Å². The number of halogens is 1. The van der Waals surface area contributed by atoms with Crippen molar-refractivity contribution in [1.82, 2.24) is 4.72 Å². The van der Waals surface area contributed by atoms with Gasteiger partial charge in [0.2, 0.25) is 10.0 Å². The summed E-state index contributed by atoms with van der Waals surface area (Å²) >= 11 is 3.30. The van der Waals surface area contributed by atoms with Crippen molar-refractivity contribution >= 4 is 26.0 Å². The van der Waals surface area contributed by atoms with Gasteiger partial charge in [0.15, 0.2) is 0 Å². The van der Waals surface area contributed by atoms with Crippen LogP contribution in [-0.4, -0.2) is 39.9 Å². The van der Waals surface area contributed by atoms with E-state index in [9.17, 15) is 13.5 Å². The number of ether oxygens (including phenoxy) is 1. The smallest absolute Gasteiger partial charge is 0.240 e. The van der Waals surface area contributed by atoms with Gasteiger partial charge in [0.25, 0.3) is 0 Å². The van der Waals surface area contributed by atoms with Gasteiger partial charge in [0.1, 0.15) is 0 Å². The second-order valence-electron chi connectivity index (χ2n) is 4.07. The van der Waals surface area contributed by atoms with E-state index in [1.807, 2.05) is 0 Å². The molecule has 108 valence electrons. The predicted octanol–water partition coefficient (Wildman–Crippen LogP) is 1.26. The fraction of sp³-hybridized carbons (Fsp3) is 0.500. The molecule has 1 aromatic carbocycles. The van der Waals surface area contributed by atoms with Gasteiger partial charge in [-0.2, -0.15) is 0 Å². The van der Waals surface area contributed by atoms with E-state index in [1.54, 1.807) is 24.3 Å². The summed E-state index contributed by atoms with van der Waals surface area (Å²) in [6, 6.07) is 6.63. The minimum absolute atomic E-state index is 0.174. The van der Waals surface area contributed by atoms with Crippen LogP contribution in [0.5, 0.6) is 0 Å². The summed E-state index contributed by atoms with van der Waals surface area (Å²) in [5, 5.41) is 10.1. The Morgan fingerprint density at radius 1 is 1.37 bits per heavy atom. The molecule has 1 atom stereocenters. The minimum atomic E-state index is -3.51. The third-order valence-corrected chi connectivity index (χ3v) is 4.64. The van der Waals surface area contributed by atoms with E-state index in [1.165, 1.54) is 7.11 Å². The Bertz CT molecular complexity index is 475. The van der Waals surface area contributed by atoms with E-state index in [2.05, 4.69) is 20.7 Å².